The van der Waals surface area contributed by atoms with Crippen LogP contribution in [0.3, 0.4) is 0 Å². The Kier molecular flexibility index (Phi) is 2.62. The maximum atomic E-state index is 11.0. The van der Waals surface area contributed by atoms with E-state index in [4.69, 9.17) is 11.5 Å². The van der Waals surface area contributed by atoms with E-state index in [2.05, 4.69) is 5.10 Å². The van der Waals surface area contributed by atoms with Gasteiger partial charge in [-0.3, -0.25) is 9.48 Å². The molecule has 0 saturated carbocycles. The van der Waals surface area contributed by atoms with Crippen LogP contribution in [-0.2, 0) is 4.79 Å². The Morgan fingerprint density at radius 3 is 2.81 bits per heavy atom. The number of nitrogens with zero attached hydrogens (tertiary/aromatic N) is 2. The number of primary amides is 1. The molecule has 1 aromatic carbocycles. The lowest BCUT2D eigenvalue weighted by atomic mass is 10.1. The normalized spacial score (nSPS) is 14.9. The maximum Gasteiger partial charge on any atom is 0.236 e. The summed E-state index contributed by atoms with van der Waals surface area (Å²) in [6.45, 7) is 1.83. The van der Waals surface area contributed by atoms with E-state index in [0.717, 1.165) is 10.9 Å². The van der Waals surface area contributed by atoms with Crippen molar-refractivity contribution in [3.05, 3.63) is 30.5 Å². The van der Waals surface area contributed by atoms with Crippen molar-refractivity contribution in [1.29, 1.82) is 0 Å². The molecule has 0 aliphatic heterocycles. The quantitative estimate of drug-likeness (QED) is 0.782. The van der Waals surface area contributed by atoms with Crippen molar-refractivity contribution in [2.45, 2.75) is 19.0 Å². The molecule has 0 aliphatic rings. The summed E-state index contributed by atoms with van der Waals surface area (Å²) in [6.07, 6.45) is 1.75. The molecule has 2 unspecified atom stereocenters. The van der Waals surface area contributed by atoms with Gasteiger partial charge in [0.15, 0.2) is 0 Å². The predicted molar refractivity (Wildman–Crippen MR) is 61.6 cm³/mol. The summed E-state index contributed by atoms with van der Waals surface area (Å²) in [5.74, 6) is -0.521. The van der Waals surface area contributed by atoms with Gasteiger partial charge in [0.2, 0.25) is 5.91 Å². The molecule has 1 heterocycles. The van der Waals surface area contributed by atoms with E-state index in [1.807, 2.05) is 31.2 Å². The van der Waals surface area contributed by atoms with E-state index in [1.54, 1.807) is 10.9 Å². The van der Waals surface area contributed by atoms with Crippen LogP contribution in [0.4, 0.5) is 0 Å². The molecule has 5 heteroatoms. The van der Waals surface area contributed by atoms with Gasteiger partial charge in [0.1, 0.15) is 6.04 Å². The Balaban J connectivity index is 2.44. The van der Waals surface area contributed by atoms with Gasteiger partial charge in [0, 0.05) is 5.39 Å². The second-order valence-electron chi connectivity index (χ2n) is 3.82. The van der Waals surface area contributed by atoms with Gasteiger partial charge < -0.3 is 11.5 Å². The van der Waals surface area contributed by atoms with Crippen LogP contribution in [0.15, 0.2) is 30.5 Å². The zero-order valence-corrected chi connectivity index (χ0v) is 9.00. The molecule has 0 bridgehead atoms. The first-order valence-electron chi connectivity index (χ1n) is 5.08. The number of rotatable bonds is 3. The highest BCUT2D eigenvalue weighted by Crippen LogP contribution is 2.18. The van der Waals surface area contributed by atoms with Crippen molar-refractivity contribution in [2.24, 2.45) is 11.5 Å². The number of fused-ring (bicyclic) bond motifs is 1. The SMILES string of the molecule is CC(C(N)C(N)=O)n1ncc2ccccc21. The molecule has 1 aromatic heterocycles. The average molecular weight is 218 g/mol. The number of hydrogen-bond acceptors (Lipinski definition) is 3. The van der Waals surface area contributed by atoms with Crippen LogP contribution in [0.5, 0.6) is 0 Å². The molecule has 0 saturated heterocycles. The molecule has 16 heavy (non-hydrogen) atoms. The van der Waals surface area contributed by atoms with Crippen LogP contribution in [0.25, 0.3) is 10.9 Å². The third-order valence-electron chi connectivity index (χ3n) is 2.74. The molecule has 2 rings (SSSR count). The second kappa shape index (κ2) is 3.94. The lowest BCUT2D eigenvalue weighted by Gasteiger charge is -2.18. The van der Waals surface area contributed by atoms with Gasteiger partial charge in [-0.1, -0.05) is 18.2 Å². The zero-order valence-electron chi connectivity index (χ0n) is 9.00. The fourth-order valence-corrected chi connectivity index (χ4v) is 1.71. The van der Waals surface area contributed by atoms with Crippen molar-refractivity contribution in [3.8, 4) is 0 Å². The largest absolute Gasteiger partial charge is 0.368 e. The Hall–Kier alpha value is -1.88. The molecule has 0 radical (unpaired) electrons. The summed E-state index contributed by atoms with van der Waals surface area (Å²) in [4.78, 5) is 11.0. The van der Waals surface area contributed by atoms with Crippen molar-refractivity contribution >= 4 is 16.8 Å². The second-order valence-corrected chi connectivity index (χ2v) is 3.82. The highest BCUT2D eigenvalue weighted by molar-refractivity contribution is 5.81. The van der Waals surface area contributed by atoms with E-state index in [9.17, 15) is 4.79 Å². The number of benzene rings is 1. The third kappa shape index (κ3) is 1.65. The van der Waals surface area contributed by atoms with Crippen LogP contribution in [0, 0.1) is 0 Å². The Morgan fingerprint density at radius 2 is 2.12 bits per heavy atom. The first-order chi connectivity index (χ1) is 7.61. The van der Waals surface area contributed by atoms with Crippen LogP contribution in [-0.4, -0.2) is 21.7 Å². The standard InChI is InChI=1S/C11H14N4O/c1-7(10(12)11(13)16)15-9-5-3-2-4-8(9)6-14-15/h2-7,10H,12H2,1H3,(H2,13,16). The summed E-state index contributed by atoms with van der Waals surface area (Å²) in [5.41, 5.74) is 11.8. The van der Waals surface area contributed by atoms with Crippen molar-refractivity contribution in [2.75, 3.05) is 0 Å². The first kappa shape index (κ1) is 10.6. The van der Waals surface area contributed by atoms with Crippen LogP contribution < -0.4 is 11.5 Å². The summed E-state index contributed by atoms with van der Waals surface area (Å²) in [5, 5.41) is 5.25. The molecule has 5 nitrogen and oxygen atoms in total. The summed E-state index contributed by atoms with van der Waals surface area (Å²) >= 11 is 0. The van der Waals surface area contributed by atoms with Gasteiger partial charge >= 0.3 is 0 Å². The lowest BCUT2D eigenvalue weighted by Crippen LogP contribution is -2.42. The molecule has 84 valence electrons. The average Bonchev–Trinajstić information content (AvgIpc) is 2.70. The molecular formula is C11H14N4O. The first-order valence-corrected chi connectivity index (χ1v) is 5.08. The monoisotopic (exact) mass is 218 g/mol. The minimum atomic E-state index is -0.733. The van der Waals surface area contributed by atoms with Gasteiger partial charge in [0.05, 0.1) is 17.8 Å². The minimum absolute atomic E-state index is 0.252. The van der Waals surface area contributed by atoms with E-state index in [0.29, 0.717) is 0 Å². The maximum absolute atomic E-state index is 11.0. The van der Waals surface area contributed by atoms with E-state index >= 15 is 0 Å². The van der Waals surface area contributed by atoms with Gasteiger partial charge in [-0.15, -0.1) is 0 Å². The lowest BCUT2D eigenvalue weighted by molar-refractivity contribution is -0.120. The summed E-state index contributed by atoms with van der Waals surface area (Å²) < 4.78 is 1.73. The molecule has 0 aliphatic carbocycles. The minimum Gasteiger partial charge on any atom is -0.368 e. The summed E-state index contributed by atoms with van der Waals surface area (Å²) in [7, 11) is 0. The molecule has 1 amide bonds. The highest BCUT2D eigenvalue weighted by Gasteiger charge is 2.21. The van der Waals surface area contributed by atoms with Crippen molar-refractivity contribution in [3.63, 3.8) is 0 Å². The van der Waals surface area contributed by atoms with E-state index in [1.165, 1.54) is 0 Å². The van der Waals surface area contributed by atoms with Crippen molar-refractivity contribution < 1.29 is 4.79 Å². The fourth-order valence-electron chi connectivity index (χ4n) is 1.71. The Morgan fingerprint density at radius 1 is 1.44 bits per heavy atom. The van der Waals surface area contributed by atoms with Crippen molar-refractivity contribution in [1.82, 2.24) is 9.78 Å². The zero-order chi connectivity index (χ0) is 11.7. The molecule has 2 atom stereocenters. The number of amides is 1. The fraction of sp³-hybridized carbons (Fsp3) is 0.273. The van der Waals surface area contributed by atoms with E-state index in [-0.39, 0.29) is 6.04 Å². The summed E-state index contributed by atoms with van der Waals surface area (Å²) in [6, 6.07) is 6.77. The van der Waals surface area contributed by atoms with Gasteiger partial charge in [-0.2, -0.15) is 5.10 Å². The van der Waals surface area contributed by atoms with Crippen LogP contribution in [0.1, 0.15) is 13.0 Å². The smallest absolute Gasteiger partial charge is 0.236 e. The third-order valence-corrected chi connectivity index (χ3v) is 2.74. The number of aromatic nitrogens is 2. The van der Waals surface area contributed by atoms with Gasteiger partial charge in [0.25, 0.3) is 0 Å². The number of hydrogen-bond donors (Lipinski definition) is 2. The topological polar surface area (TPSA) is 86.9 Å². The number of para-hydroxylation sites is 1. The van der Waals surface area contributed by atoms with Gasteiger partial charge in [-0.05, 0) is 13.0 Å². The number of carbonyl (C=O) groups is 1. The van der Waals surface area contributed by atoms with Crippen LogP contribution in [0.2, 0.25) is 0 Å². The number of nitrogens with two attached hydrogens (primary N) is 2. The molecule has 2 aromatic rings. The Labute approximate surface area is 93.0 Å². The van der Waals surface area contributed by atoms with Gasteiger partial charge in [-0.25, -0.2) is 0 Å². The Bertz CT molecular complexity index is 519. The number of carbonyl (C=O) groups excluding carboxylic acids is 1. The predicted octanol–water partition coefficient (Wildman–Crippen LogP) is 0.410. The highest BCUT2D eigenvalue weighted by atomic mass is 16.1. The molecule has 0 fully saturated rings. The van der Waals surface area contributed by atoms with Crippen LogP contribution >= 0.6 is 0 Å². The van der Waals surface area contributed by atoms with E-state index < -0.39 is 11.9 Å². The molecular weight excluding hydrogens is 204 g/mol. The molecule has 4 N–H and O–H groups in total. The molecule has 0 spiro atoms.